The molecule has 0 saturated carbocycles. The number of ether oxygens (including phenoxy) is 1. The summed E-state index contributed by atoms with van der Waals surface area (Å²) < 4.78 is 31.8. The number of morpholine rings is 1. The van der Waals surface area contributed by atoms with Crippen molar-refractivity contribution in [1.82, 2.24) is 14.6 Å². The van der Waals surface area contributed by atoms with Crippen LogP contribution in [0.15, 0.2) is 34.3 Å². The molecule has 3 rings (SSSR count). The Kier molecular flexibility index (Phi) is 5.88. The van der Waals surface area contributed by atoms with Gasteiger partial charge in [0.25, 0.3) is 5.91 Å². The Labute approximate surface area is 158 Å². The standard InChI is InChI=1S/C17H22N4O5S/c1-20-16(22)7-6-15(19-20)17(23)18-12-13-2-4-14(5-3-13)27(24,25)21-8-10-26-11-9-21/h2-5H,6-12H2,1H3,(H,18,23). The van der Waals surface area contributed by atoms with Gasteiger partial charge in [0.05, 0.1) is 18.1 Å². The molecule has 1 N–H and O–H groups in total. The monoisotopic (exact) mass is 394 g/mol. The zero-order valence-corrected chi connectivity index (χ0v) is 15.9. The fraction of sp³-hybridized carbons (Fsp3) is 0.471. The molecule has 27 heavy (non-hydrogen) atoms. The van der Waals surface area contributed by atoms with E-state index in [1.54, 1.807) is 12.1 Å². The third-order valence-electron chi connectivity index (χ3n) is 4.45. The quantitative estimate of drug-likeness (QED) is 0.752. The predicted octanol–water partition coefficient (Wildman–Crippen LogP) is -0.0681. The Morgan fingerprint density at radius 3 is 2.48 bits per heavy atom. The van der Waals surface area contributed by atoms with Crippen LogP contribution in [-0.2, 0) is 30.9 Å². The lowest BCUT2D eigenvalue weighted by atomic mass is 10.1. The van der Waals surface area contributed by atoms with Gasteiger partial charge in [-0.15, -0.1) is 0 Å². The van der Waals surface area contributed by atoms with Crippen molar-refractivity contribution in [1.29, 1.82) is 0 Å². The van der Waals surface area contributed by atoms with Gasteiger partial charge in [0.15, 0.2) is 0 Å². The molecule has 2 aliphatic rings. The molecule has 10 heteroatoms. The predicted molar refractivity (Wildman–Crippen MR) is 97.3 cm³/mol. The first-order valence-corrected chi connectivity index (χ1v) is 10.1. The Morgan fingerprint density at radius 1 is 1.19 bits per heavy atom. The molecule has 0 aliphatic carbocycles. The number of amides is 2. The van der Waals surface area contributed by atoms with E-state index < -0.39 is 10.0 Å². The number of rotatable bonds is 5. The highest BCUT2D eigenvalue weighted by molar-refractivity contribution is 7.89. The number of hydrogen-bond donors (Lipinski definition) is 1. The first-order chi connectivity index (χ1) is 12.9. The highest BCUT2D eigenvalue weighted by atomic mass is 32.2. The molecule has 146 valence electrons. The average Bonchev–Trinajstić information content (AvgIpc) is 2.69. The molecule has 2 aliphatic heterocycles. The van der Waals surface area contributed by atoms with Crippen molar-refractivity contribution in [2.45, 2.75) is 24.3 Å². The molecule has 1 fully saturated rings. The summed E-state index contributed by atoms with van der Waals surface area (Å²) in [5, 5.41) is 7.88. The Balaban J connectivity index is 1.60. The minimum atomic E-state index is -3.53. The van der Waals surface area contributed by atoms with E-state index in [1.807, 2.05) is 0 Å². The molecule has 0 radical (unpaired) electrons. The second-order valence-electron chi connectivity index (χ2n) is 6.31. The van der Waals surface area contributed by atoms with Crippen molar-refractivity contribution in [3.8, 4) is 0 Å². The topological polar surface area (TPSA) is 108 Å². The van der Waals surface area contributed by atoms with Crippen LogP contribution < -0.4 is 5.32 Å². The molecule has 2 amide bonds. The van der Waals surface area contributed by atoms with E-state index in [9.17, 15) is 18.0 Å². The van der Waals surface area contributed by atoms with Gasteiger partial charge in [-0.3, -0.25) is 9.59 Å². The summed E-state index contributed by atoms with van der Waals surface area (Å²) in [6.07, 6.45) is 0.572. The maximum absolute atomic E-state index is 12.6. The summed E-state index contributed by atoms with van der Waals surface area (Å²) in [5.74, 6) is -0.456. The number of hydrogen-bond acceptors (Lipinski definition) is 6. The summed E-state index contributed by atoms with van der Waals surface area (Å²) in [6.45, 7) is 1.73. The first-order valence-electron chi connectivity index (χ1n) is 8.67. The normalized spacial score (nSPS) is 18.9. The summed E-state index contributed by atoms with van der Waals surface area (Å²) in [7, 11) is -2.01. The van der Waals surface area contributed by atoms with Gasteiger partial charge in [0, 0.05) is 39.5 Å². The van der Waals surface area contributed by atoms with Crippen LogP contribution in [0.4, 0.5) is 0 Å². The maximum atomic E-state index is 12.6. The van der Waals surface area contributed by atoms with Gasteiger partial charge in [-0.05, 0) is 17.7 Å². The molecule has 1 aromatic carbocycles. The third kappa shape index (κ3) is 4.52. The van der Waals surface area contributed by atoms with E-state index in [4.69, 9.17) is 4.74 Å². The Hall–Kier alpha value is -2.30. The highest BCUT2D eigenvalue weighted by Crippen LogP contribution is 2.17. The highest BCUT2D eigenvalue weighted by Gasteiger charge is 2.26. The van der Waals surface area contributed by atoms with Crippen LogP contribution in [0.25, 0.3) is 0 Å². The molecular formula is C17H22N4O5S. The van der Waals surface area contributed by atoms with Gasteiger partial charge in [-0.25, -0.2) is 13.4 Å². The SMILES string of the molecule is CN1N=C(C(=O)NCc2ccc(S(=O)(=O)N3CCOCC3)cc2)CCC1=O. The molecule has 2 heterocycles. The van der Waals surface area contributed by atoms with Crippen molar-refractivity contribution in [3.63, 3.8) is 0 Å². The van der Waals surface area contributed by atoms with Gasteiger partial charge in [0.1, 0.15) is 5.71 Å². The van der Waals surface area contributed by atoms with Crippen molar-refractivity contribution in [2.75, 3.05) is 33.4 Å². The van der Waals surface area contributed by atoms with E-state index >= 15 is 0 Å². The number of sulfonamides is 1. The van der Waals surface area contributed by atoms with Crippen LogP contribution >= 0.6 is 0 Å². The minimum absolute atomic E-state index is 0.122. The van der Waals surface area contributed by atoms with E-state index in [2.05, 4.69) is 10.4 Å². The number of hydrazone groups is 1. The zero-order valence-electron chi connectivity index (χ0n) is 15.1. The smallest absolute Gasteiger partial charge is 0.267 e. The second-order valence-corrected chi connectivity index (χ2v) is 8.25. The summed E-state index contributed by atoms with van der Waals surface area (Å²) >= 11 is 0. The van der Waals surface area contributed by atoms with E-state index in [1.165, 1.54) is 28.5 Å². The number of nitrogens with one attached hydrogen (secondary N) is 1. The van der Waals surface area contributed by atoms with E-state index in [-0.39, 0.29) is 29.7 Å². The molecule has 1 aromatic rings. The molecule has 0 aromatic heterocycles. The molecule has 0 bridgehead atoms. The van der Waals surface area contributed by atoms with Gasteiger partial charge in [-0.2, -0.15) is 9.41 Å². The minimum Gasteiger partial charge on any atom is -0.379 e. The zero-order chi connectivity index (χ0) is 19.4. The van der Waals surface area contributed by atoms with Crippen molar-refractivity contribution in [2.24, 2.45) is 5.10 Å². The third-order valence-corrected chi connectivity index (χ3v) is 6.37. The van der Waals surface area contributed by atoms with E-state index in [0.29, 0.717) is 38.4 Å². The second kappa shape index (κ2) is 8.15. The number of benzene rings is 1. The Morgan fingerprint density at radius 2 is 1.85 bits per heavy atom. The van der Waals surface area contributed by atoms with Crippen molar-refractivity contribution < 1.29 is 22.7 Å². The van der Waals surface area contributed by atoms with Crippen LogP contribution in [0.3, 0.4) is 0 Å². The van der Waals surface area contributed by atoms with E-state index in [0.717, 1.165) is 5.56 Å². The number of nitrogens with zero attached hydrogens (tertiary/aromatic N) is 3. The Bertz CT molecular complexity index is 845. The van der Waals surface area contributed by atoms with Gasteiger partial charge in [-0.1, -0.05) is 12.1 Å². The molecule has 0 atom stereocenters. The lowest BCUT2D eigenvalue weighted by molar-refractivity contribution is -0.130. The van der Waals surface area contributed by atoms with Crippen LogP contribution in [0.5, 0.6) is 0 Å². The lowest BCUT2D eigenvalue weighted by Gasteiger charge is -2.26. The van der Waals surface area contributed by atoms with Gasteiger partial charge >= 0.3 is 0 Å². The van der Waals surface area contributed by atoms with Crippen LogP contribution in [0.2, 0.25) is 0 Å². The summed E-state index contributed by atoms with van der Waals surface area (Å²) in [4.78, 5) is 23.8. The average molecular weight is 394 g/mol. The van der Waals surface area contributed by atoms with Gasteiger partial charge in [0.2, 0.25) is 15.9 Å². The van der Waals surface area contributed by atoms with Crippen molar-refractivity contribution >= 4 is 27.5 Å². The van der Waals surface area contributed by atoms with Crippen LogP contribution in [0, 0.1) is 0 Å². The fourth-order valence-electron chi connectivity index (χ4n) is 2.83. The molecule has 1 saturated heterocycles. The maximum Gasteiger partial charge on any atom is 0.267 e. The number of carbonyl (C=O) groups excluding carboxylic acids is 2. The molecule has 0 unspecified atom stereocenters. The van der Waals surface area contributed by atoms with Crippen LogP contribution in [-0.4, -0.2) is 68.6 Å². The van der Waals surface area contributed by atoms with Crippen molar-refractivity contribution in [3.05, 3.63) is 29.8 Å². The summed E-state index contributed by atoms with van der Waals surface area (Å²) in [6, 6.07) is 6.42. The molecule has 9 nitrogen and oxygen atoms in total. The van der Waals surface area contributed by atoms with Gasteiger partial charge < -0.3 is 10.1 Å². The fourth-order valence-corrected chi connectivity index (χ4v) is 4.24. The molecular weight excluding hydrogens is 372 g/mol. The van der Waals surface area contributed by atoms with Crippen LogP contribution in [0.1, 0.15) is 18.4 Å². The molecule has 0 spiro atoms. The summed E-state index contributed by atoms with van der Waals surface area (Å²) in [5.41, 5.74) is 1.08. The first kappa shape index (κ1) is 19.5. The lowest BCUT2D eigenvalue weighted by Crippen LogP contribution is -2.40. The largest absolute Gasteiger partial charge is 0.379 e. The number of carbonyl (C=O) groups is 2.